The summed E-state index contributed by atoms with van der Waals surface area (Å²) >= 11 is 0. The molecule has 2 aliphatic heterocycles. The van der Waals surface area contributed by atoms with Crippen LogP contribution in [0.3, 0.4) is 0 Å². The zero-order valence-corrected chi connectivity index (χ0v) is 12.2. The summed E-state index contributed by atoms with van der Waals surface area (Å²) in [6, 6.07) is 0. The molecule has 2 rings (SSSR count). The van der Waals surface area contributed by atoms with Gasteiger partial charge in [-0.25, -0.2) is 8.98 Å². The Labute approximate surface area is 123 Å². The largest absolute Gasteiger partial charge is 0.523 e. The van der Waals surface area contributed by atoms with Gasteiger partial charge >= 0.3 is 21.6 Å². The Balaban J connectivity index is 2.12. The van der Waals surface area contributed by atoms with E-state index in [-0.39, 0.29) is 6.61 Å². The minimum Gasteiger partial charge on any atom is -0.455 e. The molecule has 0 spiro atoms. The third-order valence-electron chi connectivity index (χ3n) is 3.04. The number of alkyl halides is 3. The van der Waals surface area contributed by atoms with Gasteiger partial charge in [-0.3, -0.25) is 0 Å². The lowest BCUT2D eigenvalue weighted by Crippen LogP contribution is -2.43. The van der Waals surface area contributed by atoms with Gasteiger partial charge in [0.25, 0.3) is 0 Å². The van der Waals surface area contributed by atoms with Gasteiger partial charge in [-0.1, -0.05) is 0 Å². The molecular weight excluding hydrogens is 337 g/mol. The SMILES string of the molecule is CC1(C)OC[C@@H]([C@@H]2OC(=O)[C@H](OS(=O)(=O)C(F)(F)F)[C@@H]2O)O1. The summed E-state index contributed by atoms with van der Waals surface area (Å²) in [5.74, 6) is -2.47. The summed E-state index contributed by atoms with van der Waals surface area (Å²) in [6.45, 7) is 2.98. The first-order valence-electron chi connectivity index (χ1n) is 6.04. The number of carbonyl (C=O) groups excluding carboxylic acids is 1. The molecule has 2 fully saturated rings. The van der Waals surface area contributed by atoms with Crippen LogP contribution in [0.15, 0.2) is 0 Å². The number of hydrogen-bond acceptors (Lipinski definition) is 8. The number of ether oxygens (including phenoxy) is 3. The quantitative estimate of drug-likeness (QED) is 0.418. The Hall–Kier alpha value is -0.950. The third-order valence-corrected chi connectivity index (χ3v) is 4.07. The molecule has 12 heteroatoms. The molecule has 0 unspecified atom stereocenters. The van der Waals surface area contributed by atoms with Crippen molar-refractivity contribution in [2.45, 2.75) is 49.6 Å². The summed E-state index contributed by atoms with van der Waals surface area (Å²) in [7, 11) is -6.05. The second kappa shape index (κ2) is 5.30. The average molecular weight is 350 g/mol. The molecule has 0 amide bonds. The van der Waals surface area contributed by atoms with Gasteiger partial charge in [0, 0.05) is 0 Å². The fourth-order valence-electron chi connectivity index (χ4n) is 2.04. The summed E-state index contributed by atoms with van der Waals surface area (Å²) in [4.78, 5) is 11.5. The number of carbonyl (C=O) groups is 1. The van der Waals surface area contributed by atoms with Crippen LogP contribution in [0.25, 0.3) is 0 Å². The molecule has 1 N–H and O–H groups in total. The highest BCUT2D eigenvalue weighted by Gasteiger charge is 2.57. The molecule has 8 nitrogen and oxygen atoms in total. The second-order valence-electron chi connectivity index (χ2n) is 5.18. The van der Waals surface area contributed by atoms with Crippen molar-refractivity contribution in [3.8, 4) is 0 Å². The molecular formula is C10H13F3O8S. The summed E-state index contributed by atoms with van der Waals surface area (Å²) in [5, 5.41) is 9.84. The molecule has 0 aromatic carbocycles. The maximum absolute atomic E-state index is 12.2. The Morgan fingerprint density at radius 2 is 1.95 bits per heavy atom. The van der Waals surface area contributed by atoms with Gasteiger partial charge in [-0.15, -0.1) is 0 Å². The van der Waals surface area contributed by atoms with Gasteiger partial charge in [0.1, 0.15) is 12.2 Å². The van der Waals surface area contributed by atoms with E-state index in [0.717, 1.165) is 0 Å². The summed E-state index contributed by atoms with van der Waals surface area (Å²) < 4.78 is 77.5. The van der Waals surface area contributed by atoms with E-state index in [2.05, 4.69) is 8.92 Å². The highest BCUT2D eigenvalue weighted by molar-refractivity contribution is 7.87. The molecule has 2 heterocycles. The molecule has 22 heavy (non-hydrogen) atoms. The molecule has 0 aliphatic carbocycles. The van der Waals surface area contributed by atoms with Crippen molar-refractivity contribution in [3.63, 3.8) is 0 Å². The Morgan fingerprint density at radius 1 is 1.36 bits per heavy atom. The fourth-order valence-corrected chi connectivity index (χ4v) is 2.62. The van der Waals surface area contributed by atoms with Crippen LogP contribution in [0.1, 0.15) is 13.8 Å². The molecule has 0 radical (unpaired) electrons. The number of halogens is 3. The van der Waals surface area contributed by atoms with Crippen molar-refractivity contribution in [2.24, 2.45) is 0 Å². The Bertz CT molecular complexity index is 557. The monoisotopic (exact) mass is 350 g/mol. The van der Waals surface area contributed by atoms with E-state index < -0.39 is 51.8 Å². The smallest absolute Gasteiger partial charge is 0.455 e. The molecule has 0 aromatic heterocycles. The molecule has 0 bridgehead atoms. The standard InChI is InChI=1S/C10H13F3O8S/c1-9(2)18-3-4(20-9)6-5(14)7(8(15)19-6)21-22(16,17)10(11,12)13/h4-7,14H,3H2,1-2H3/t4-,5+,6-,7+/m0/s1. The molecule has 2 saturated heterocycles. The number of rotatable bonds is 3. The molecule has 4 atom stereocenters. The number of aliphatic hydroxyl groups is 1. The van der Waals surface area contributed by atoms with Crippen LogP contribution in [-0.2, 0) is 33.3 Å². The van der Waals surface area contributed by atoms with Gasteiger partial charge in [-0.2, -0.15) is 21.6 Å². The minimum atomic E-state index is -6.05. The summed E-state index contributed by atoms with van der Waals surface area (Å²) in [5.41, 5.74) is -5.72. The second-order valence-corrected chi connectivity index (χ2v) is 6.74. The van der Waals surface area contributed by atoms with Crippen molar-refractivity contribution in [1.29, 1.82) is 0 Å². The van der Waals surface area contributed by atoms with E-state index >= 15 is 0 Å². The van der Waals surface area contributed by atoms with E-state index in [0.29, 0.717) is 0 Å². The fraction of sp³-hybridized carbons (Fsp3) is 0.900. The van der Waals surface area contributed by atoms with Gasteiger partial charge in [0.15, 0.2) is 11.9 Å². The number of aliphatic hydroxyl groups excluding tert-OH is 1. The van der Waals surface area contributed by atoms with Crippen LogP contribution in [-0.4, -0.2) is 61.8 Å². The van der Waals surface area contributed by atoms with Crippen LogP contribution in [0, 0.1) is 0 Å². The minimum absolute atomic E-state index is 0.0965. The Kier molecular flexibility index (Phi) is 4.19. The highest BCUT2D eigenvalue weighted by atomic mass is 32.2. The number of hydrogen-bond donors (Lipinski definition) is 1. The van der Waals surface area contributed by atoms with E-state index in [4.69, 9.17) is 9.47 Å². The van der Waals surface area contributed by atoms with Crippen LogP contribution in [0.4, 0.5) is 13.2 Å². The first-order chi connectivity index (χ1) is 9.84. The predicted molar refractivity (Wildman–Crippen MR) is 60.6 cm³/mol. The van der Waals surface area contributed by atoms with E-state index in [1.54, 1.807) is 0 Å². The maximum atomic E-state index is 12.2. The number of cyclic esters (lactones) is 1. The topological polar surface area (TPSA) is 108 Å². The lowest BCUT2D eigenvalue weighted by Gasteiger charge is -2.22. The maximum Gasteiger partial charge on any atom is 0.523 e. The normalized spacial score (nSPS) is 35.6. The van der Waals surface area contributed by atoms with Crippen molar-refractivity contribution in [3.05, 3.63) is 0 Å². The van der Waals surface area contributed by atoms with Crippen LogP contribution < -0.4 is 0 Å². The van der Waals surface area contributed by atoms with Crippen molar-refractivity contribution >= 4 is 16.1 Å². The Morgan fingerprint density at radius 3 is 2.41 bits per heavy atom. The van der Waals surface area contributed by atoms with Crippen LogP contribution >= 0.6 is 0 Å². The predicted octanol–water partition coefficient (Wildman–Crippen LogP) is -0.341. The average Bonchev–Trinajstić information content (AvgIpc) is 2.82. The lowest BCUT2D eigenvalue weighted by atomic mass is 10.1. The number of esters is 1. The van der Waals surface area contributed by atoms with Gasteiger partial charge in [-0.05, 0) is 13.8 Å². The third kappa shape index (κ3) is 3.20. The van der Waals surface area contributed by atoms with Crippen molar-refractivity contribution < 1.29 is 49.9 Å². The molecule has 0 aromatic rings. The van der Waals surface area contributed by atoms with Crippen LogP contribution in [0.5, 0.6) is 0 Å². The summed E-state index contributed by atoms with van der Waals surface area (Å²) in [6.07, 6.45) is -6.63. The highest BCUT2D eigenvalue weighted by Crippen LogP contribution is 2.33. The van der Waals surface area contributed by atoms with Crippen LogP contribution in [0.2, 0.25) is 0 Å². The zero-order chi connectivity index (χ0) is 16.9. The van der Waals surface area contributed by atoms with Gasteiger partial charge < -0.3 is 19.3 Å². The van der Waals surface area contributed by atoms with Crippen molar-refractivity contribution in [1.82, 2.24) is 0 Å². The van der Waals surface area contributed by atoms with Gasteiger partial charge in [0.05, 0.1) is 6.61 Å². The van der Waals surface area contributed by atoms with E-state index in [9.17, 15) is 31.5 Å². The first kappa shape index (κ1) is 17.4. The molecule has 0 saturated carbocycles. The van der Waals surface area contributed by atoms with E-state index in [1.807, 2.05) is 0 Å². The van der Waals surface area contributed by atoms with Crippen molar-refractivity contribution in [2.75, 3.05) is 6.61 Å². The zero-order valence-electron chi connectivity index (χ0n) is 11.4. The van der Waals surface area contributed by atoms with Gasteiger partial charge in [0.2, 0.25) is 6.10 Å². The van der Waals surface area contributed by atoms with E-state index in [1.165, 1.54) is 13.8 Å². The lowest BCUT2D eigenvalue weighted by molar-refractivity contribution is -0.166. The molecule has 2 aliphatic rings. The molecule has 128 valence electrons. The first-order valence-corrected chi connectivity index (χ1v) is 7.45.